The zero-order valence-electron chi connectivity index (χ0n) is 15.3. The molecule has 1 aliphatic heterocycles. The maximum Gasteiger partial charge on any atom is 0.236 e. The minimum atomic E-state index is 0.178. The van der Waals surface area contributed by atoms with Gasteiger partial charge in [-0.15, -0.1) is 0 Å². The van der Waals surface area contributed by atoms with Gasteiger partial charge in [0.2, 0.25) is 5.91 Å². The van der Waals surface area contributed by atoms with Crippen molar-refractivity contribution in [2.75, 3.05) is 26.7 Å². The summed E-state index contributed by atoms with van der Waals surface area (Å²) in [5, 5.41) is 4.14. The van der Waals surface area contributed by atoms with Gasteiger partial charge in [-0.1, -0.05) is 19.1 Å². The van der Waals surface area contributed by atoms with Gasteiger partial charge in [0.1, 0.15) is 12.7 Å². The van der Waals surface area contributed by atoms with Gasteiger partial charge >= 0.3 is 0 Å². The van der Waals surface area contributed by atoms with Crippen LogP contribution in [0, 0.1) is 5.92 Å². The molecule has 1 aromatic carbocycles. The lowest BCUT2D eigenvalue weighted by Gasteiger charge is -2.33. The van der Waals surface area contributed by atoms with Gasteiger partial charge in [-0.2, -0.15) is 5.10 Å². The zero-order valence-corrected chi connectivity index (χ0v) is 15.3. The van der Waals surface area contributed by atoms with Crippen molar-refractivity contribution in [2.24, 2.45) is 5.92 Å². The Morgan fingerprint density at radius 2 is 1.96 bits per heavy atom. The molecule has 1 amide bonds. The molecule has 0 radical (unpaired) electrons. The fourth-order valence-electron chi connectivity index (χ4n) is 3.21. The van der Waals surface area contributed by atoms with Crippen molar-refractivity contribution in [3.8, 4) is 5.69 Å². The Kier molecular flexibility index (Phi) is 5.48. The molecule has 0 N–H and O–H groups in total. The first kappa shape index (κ1) is 17.6. The van der Waals surface area contributed by atoms with E-state index in [4.69, 9.17) is 0 Å². The summed E-state index contributed by atoms with van der Waals surface area (Å²) >= 11 is 0. The lowest BCUT2D eigenvalue weighted by atomic mass is 9.99. The van der Waals surface area contributed by atoms with E-state index in [1.54, 1.807) is 11.0 Å². The van der Waals surface area contributed by atoms with Gasteiger partial charge in [0.15, 0.2) is 0 Å². The normalized spacial score (nSPS) is 17.0. The molecule has 3 rings (SSSR count). The van der Waals surface area contributed by atoms with Gasteiger partial charge in [0, 0.05) is 19.1 Å². The molecule has 1 aliphatic rings. The van der Waals surface area contributed by atoms with E-state index in [-0.39, 0.29) is 11.9 Å². The van der Waals surface area contributed by atoms with Crippen LogP contribution in [0.5, 0.6) is 0 Å². The number of carbonyl (C=O) groups is 1. The number of carbonyl (C=O) groups excluding carboxylic acids is 1. The second kappa shape index (κ2) is 7.78. The van der Waals surface area contributed by atoms with E-state index in [1.807, 2.05) is 24.1 Å². The Balaban J connectivity index is 1.58. The SMILES string of the molecule is CC1CCN(C(=O)CN(C)[C@@H](C)c2ccc(-n3cncn3)cc2)CC1. The summed E-state index contributed by atoms with van der Waals surface area (Å²) < 4.78 is 1.74. The molecular weight excluding hydrogens is 314 g/mol. The molecule has 2 aromatic rings. The molecular formula is C19H27N5O. The first-order chi connectivity index (χ1) is 12.0. The number of aromatic nitrogens is 3. The molecule has 0 unspecified atom stereocenters. The molecule has 6 heteroatoms. The summed E-state index contributed by atoms with van der Waals surface area (Å²) in [4.78, 5) is 20.6. The zero-order chi connectivity index (χ0) is 17.8. The second-order valence-corrected chi connectivity index (χ2v) is 7.09. The van der Waals surface area contributed by atoms with Crippen LogP contribution < -0.4 is 0 Å². The van der Waals surface area contributed by atoms with Crippen molar-refractivity contribution < 1.29 is 4.79 Å². The van der Waals surface area contributed by atoms with Crippen LogP contribution in [0.1, 0.15) is 38.3 Å². The largest absolute Gasteiger partial charge is 0.342 e. The fraction of sp³-hybridized carbons (Fsp3) is 0.526. The van der Waals surface area contributed by atoms with E-state index < -0.39 is 0 Å². The van der Waals surface area contributed by atoms with Crippen molar-refractivity contribution in [1.82, 2.24) is 24.6 Å². The third kappa shape index (κ3) is 4.25. The highest BCUT2D eigenvalue weighted by molar-refractivity contribution is 5.78. The average molecular weight is 341 g/mol. The van der Waals surface area contributed by atoms with E-state index in [0.717, 1.165) is 37.5 Å². The number of benzene rings is 1. The maximum atomic E-state index is 12.5. The molecule has 0 bridgehead atoms. The Labute approximate surface area is 149 Å². The lowest BCUT2D eigenvalue weighted by molar-refractivity contribution is -0.133. The smallest absolute Gasteiger partial charge is 0.236 e. The summed E-state index contributed by atoms with van der Waals surface area (Å²) in [6.45, 7) is 6.65. The highest BCUT2D eigenvalue weighted by Gasteiger charge is 2.23. The Morgan fingerprint density at radius 1 is 1.28 bits per heavy atom. The van der Waals surface area contributed by atoms with Gasteiger partial charge in [-0.05, 0) is 50.4 Å². The van der Waals surface area contributed by atoms with Crippen LogP contribution in [-0.2, 0) is 4.79 Å². The van der Waals surface area contributed by atoms with Crippen LogP contribution >= 0.6 is 0 Å². The number of hydrogen-bond donors (Lipinski definition) is 0. The van der Waals surface area contributed by atoms with Crippen LogP contribution in [0.25, 0.3) is 5.69 Å². The van der Waals surface area contributed by atoms with Gasteiger partial charge in [-0.25, -0.2) is 9.67 Å². The topological polar surface area (TPSA) is 54.3 Å². The van der Waals surface area contributed by atoms with Crippen molar-refractivity contribution in [2.45, 2.75) is 32.7 Å². The minimum absolute atomic E-state index is 0.178. The number of nitrogens with zero attached hydrogens (tertiary/aromatic N) is 5. The van der Waals surface area contributed by atoms with Crippen molar-refractivity contribution in [1.29, 1.82) is 0 Å². The molecule has 25 heavy (non-hydrogen) atoms. The molecule has 1 aromatic heterocycles. The maximum absolute atomic E-state index is 12.5. The summed E-state index contributed by atoms with van der Waals surface area (Å²) in [6, 6.07) is 8.42. The summed E-state index contributed by atoms with van der Waals surface area (Å²) in [5.41, 5.74) is 2.17. The summed E-state index contributed by atoms with van der Waals surface area (Å²) in [5.74, 6) is 0.977. The summed E-state index contributed by atoms with van der Waals surface area (Å²) in [6.07, 6.45) is 5.45. The van der Waals surface area contributed by atoms with Crippen LogP contribution in [0.15, 0.2) is 36.9 Å². The van der Waals surface area contributed by atoms with E-state index in [0.29, 0.717) is 6.54 Å². The van der Waals surface area contributed by atoms with E-state index in [9.17, 15) is 4.79 Å². The molecule has 6 nitrogen and oxygen atoms in total. The van der Waals surface area contributed by atoms with Gasteiger partial charge in [0.05, 0.1) is 12.2 Å². The second-order valence-electron chi connectivity index (χ2n) is 7.09. The van der Waals surface area contributed by atoms with Crippen LogP contribution in [0.2, 0.25) is 0 Å². The molecule has 2 heterocycles. The third-order valence-corrected chi connectivity index (χ3v) is 5.24. The van der Waals surface area contributed by atoms with Crippen LogP contribution in [0.3, 0.4) is 0 Å². The standard InChI is InChI=1S/C19H27N5O/c1-15-8-10-23(11-9-15)19(25)12-22(3)16(2)17-4-6-18(7-5-17)24-14-20-13-21-24/h4-7,13-16H,8-12H2,1-3H3/t16-/m0/s1. The Bertz CT molecular complexity index is 674. The molecule has 1 saturated heterocycles. The minimum Gasteiger partial charge on any atom is -0.342 e. The monoisotopic (exact) mass is 341 g/mol. The van der Waals surface area contributed by atoms with Gasteiger partial charge < -0.3 is 4.90 Å². The highest BCUT2D eigenvalue weighted by atomic mass is 16.2. The quantitative estimate of drug-likeness (QED) is 0.838. The van der Waals surface area contributed by atoms with E-state index >= 15 is 0 Å². The fourth-order valence-corrected chi connectivity index (χ4v) is 3.21. The number of likely N-dealkylation sites (tertiary alicyclic amines) is 1. The Hall–Kier alpha value is -2.21. The summed E-state index contributed by atoms with van der Waals surface area (Å²) in [7, 11) is 2.01. The first-order valence-electron chi connectivity index (χ1n) is 8.97. The third-order valence-electron chi connectivity index (χ3n) is 5.24. The predicted octanol–water partition coefficient (Wildman–Crippen LogP) is 2.52. The average Bonchev–Trinajstić information content (AvgIpc) is 3.16. The van der Waals surface area contributed by atoms with E-state index in [1.165, 1.54) is 11.9 Å². The molecule has 0 saturated carbocycles. The molecule has 0 spiro atoms. The lowest BCUT2D eigenvalue weighted by Crippen LogP contribution is -2.43. The van der Waals surface area contributed by atoms with Crippen LogP contribution in [-0.4, -0.2) is 57.2 Å². The Morgan fingerprint density at radius 3 is 2.56 bits per heavy atom. The molecule has 0 aliphatic carbocycles. The number of hydrogen-bond acceptors (Lipinski definition) is 4. The number of rotatable bonds is 5. The van der Waals surface area contributed by atoms with Crippen molar-refractivity contribution in [3.05, 3.63) is 42.5 Å². The number of likely N-dealkylation sites (N-methyl/N-ethyl adjacent to an activating group) is 1. The first-order valence-corrected chi connectivity index (χ1v) is 8.97. The van der Waals surface area contributed by atoms with Crippen LogP contribution in [0.4, 0.5) is 0 Å². The predicted molar refractivity (Wildman–Crippen MR) is 97.4 cm³/mol. The number of amides is 1. The molecule has 1 fully saturated rings. The van der Waals surface area contributed by atoms with Gasteiger partial charge in [-0.3, -0.25) is 9.69 Å². The highest BCUT2D eigenvalue weighted by Crippen LogP contribution is 2.21. The molecule has 134 valence electrons. The van der Waals surface area contributed by atoms with Crippen molar-refractivity contribution in [3.63, 3.8) is 0 Å². The van der Waals surface area contributed by atoms with Gasteiger partial charge in [0.25, 0.3) is 0 Å². The number of piperidine rings is 1. The van der Waals surface area contributed by atoms with Crippen molar-refractivity contribution >= 4 is 5.91 Å². The van der Waals surface area contributed by atoms with E-state index in [2.05, 4.69) is 41.0 Å². The molecule has 1 atom stereocenters.